The van der Waals surface area contributed by atoms with E-state index in [-0.39, 0.29) is 5.75 Å². The van der Waals surface area contributed by atoms with Gasteiger partial charge in [0.15, 0.2) is 0 Å². The van der Waals surface area contributed by atoms with Crippen molar-refractivity contribution in [3.63, 3.8) is 0 Å². The number of alkyl halides is 3. The molecule has 0 atom stereocenters. The predicted octanol–water partition coefficient (Wildman–Crippen LogP) is 7.78. The fraction of sp³-hybridized carbons (Fsp3) is 0.355. The number of ether oxygens (including phenoxy) is 1. The fourth-order valence-corrected chi connectivity index (χ4v) is 6.01. The molecule has 1 heterocycles. The summed E-state index contributed by atoms with van der Waals surface area (Å²) in [7, 11) is 3.96. The van der Waals surface area contributed by atoms with Crippen molar-refractivity contribution in [1.29, 1.82) is 0 Å². The van der Waals surface area contributed by atoms with Gasteiger partial charge in [0.25, 0.3) is 0 Å². The van der Waals surface area contributed by atoms with Crippen molar-refractivity contribution in [1.82, 2.24) is 14.7 Å². The van der Waals surface area contributed by atoms with Crippen LogP contribution in [0.1, 0.15) is 25.7 Å². The molecule has 1 aliphatic carbocycles. The molecule has 216 valence electrons. The third-order valence-electron chi connectivity index (χ3n) is 7.35. The third kappa shape index (κ3) is 7.83. The topological polar surface area (TPSA) is 62.3 Å². The zero-order chi connectivity index (χ0) is 28.8. The van der Waals surface area contributed by atoms with Crippen LogP contribution in [-0.4, -0.2) is 43.5 Å². The van der Waals surface area contributed by atoms with Gasteiger partial charge in [-0.1, -0.05) is 48.5 Å². The maximum Gasteiger partial charge on any atom is 0.573 e. The summed E-state index contributed by atoms with van der Waals surface area (Å²) in [6.07, 6.45) is -0.498. The Balaban J connectivity index is 1.12. The molecular weight excluding hydrogens is 547 g/mol. The molecule has 3 aromatic carbocycles. The van der Waals surface area contributed by atoms with Crippen LogP contribution < -0.4 is 19.7 Å². The van der Waals surface area contributed by atoms with Crippen LogP contribution in [0.25, 0.3) is 22.0 Å². The number of anilines is 2. The fourth-order valence-electron chi connectivity index (χ4n) is 5.20. The van der Waals surface area contributed by atoms with Crippen LogP contribution in [0.2, 0.25) is 0 Å². The van der Waals surface area contributed by atoms with E-state index in [1.54, 1.807) is 6.07 Å². The van der Waals surface area contributed by atoms with Gasteiger partial charge in [0, 0.05) is 32.6 Å². The highest BCUT2D eigenvalue weighted by Crippen LogP contribution is 2.36. The first kappa shape index (κ1) is 29.0. The Labute approximate surface area is 242 Å². The molecule has 0 radical (unpaired) electrons. The van der Waals surface area contributed by atoms with E-state index in [0.29, 0.717) is 28.2 Å². The average molecular weight is 582 g/mol. The summed E-state index contributed by atoms with van der Waals surface area (Å²) in [4.78, 5) is 11.8. The van der Waals surface area contributed by atoms with Crippen LogP contribution in [0.5, 0.6) is 5.75 Å². The van der Waals surface area contributed by atoms with Gasteiger partial charge in [0.1, 0.15) is 11.6 Å². The van der Waals surface area contributed by atoms with Crippen LogP contribution in [0.3, 0.4) is 0 Å². The lowest BCUT2D eigenvalue weighted by Gasteiger charge is -2.29. The van der Waals surface area contributed by atoms with E-state index in [0.717, 1.165) is 61.1 Å². The largest absolute Gasteiger partial charge is 0.573 e. The number of rotatable bonds is 10. The van der Waals surface area contributed by atoms with Crippen LogP contribution >= 0.6 is 11.9 Å². The summed E-state index contributed by atoms with van der Waals surface area (Å²) in [6.45, 7) is 1.53. The summed E-state index contributed by atoms with van der Waals surface area (Å²) < 4.78 is 47.1. The standard InChI is InChI=1S/C31H34F3N5OS/c1-39(2)29-25-10-6-7-11-26(25)37-30(38-29)35-19-21-12-14-22(15-13-21)20-36-41-28-17-16-24(23-8-4-3-5-9-23)18-27(28)40-31(32,33)34/h3-11,16-18,21-22,36H,12-15,19-20H2,1-2H3,(H,35,37,38). The average Bonchev–Trinajstić information content (AvgIpc) is 2.96. The van der Waals surface area contributed by atoms with E-state index in [2.05, 4.69) is 14.8 Å². The summed E-state index contributed by atoms with van der Waals surface area (Å²) in [6, 6.07) is 22.3. The number of hydrogen-bond donors (Lipinski definition) is 2. The highest BCUT2D eigenvalue weighted by atomic mass is 32.2. The molecule has 0 spiro atoms. The van der Waals surface area contributed by atoms with Crippen molar-refractivity contribution < 1.29 is 17.9 Å². The zero-order valence-corrected chi connectivity index (χ0v) is 23.9. The van der Waals surface area contributed by atoms with E-state index in [1.807, 2.05) is 79.7 Å². The molecule has 0 saturated heterocycles. The number of fused-ring (bicyclic) bond motifs is 1. The monoisotopic (exact) mass is 581 g/mol. The lowest BCUT2D eigenvalue weighted by Crippen LogP contribution is -2.26. The normalized spacial score (nSPS) is 17.4. The van der Waals surface area contributed by atoms with Crippen LogP contribution in [0.15, 0.2) is 77.7 Å². The predicted molar refractivity (Wildman–Crippen MR) is 160 cm³/mol. The molecule has 6 nitrogen and oxygen atoms in total. The van der Waals surface area contributed by atoms with E-state index < -0.39 is 6.36 Å². The Bertz CT molecular complexity index is 1440. The number of benzene rings is 3. The third-order valence-corrected chi connectivity index (χ3v) is 8.22. The minimum absolute atomic E-state index is 0.195. The molecule has 5 rings (SSSR count). The minimum Gasteiger partial charge on any atom is -0.405 e. The summed E-state index contributed by atoms with van der Waals surface area (Å²) in [5.41, 5.74) is 2.42. The van der Waals surface area contributed by atoms with Crippen LogP contribution in [-0.2, 0) is 0 Å². The van der Waals surface area contributed by atoms with Crippen LogP contribution in [0, 0.1) is 11.8 Å². The van der Waals surface area contributed by atoms with Gasteiger partial charge in [0.05, 0.1) is 10.4 Å². The van der Waals surface area contributed by atoms with Gasteiger partial charge in [-0.3, -0.25) is 4.72 Å². The number of para-hydroxylation sites is 1. The second-order valence-corrected chi connectivity index (χ2v) is 11.5. The minimum atomic E-state index is -4.76. The first-order chi connectivity index (χ1) is 19.7. The number of halogens is 3. The van der Waals surface area contributed by atoms with Gasteiger partial charge in [-0.2, -0.15) is 4.98 Å². The molecule has 2 N–H and O–H groups in total. The first-order valence-corrected chi connectivity index (χ1v) is 14.6. The van der Waals surface area contributed by atoms with Gasteiger partial charge in [0.2, 0.25) is 5.95 Å². The molecule has 0 bridgehead atoms. The van der Waals surface area contributed by atoms with Crippen LogP contribution in [0.4, 0.5) is 24.9 Å². The van der Waals surface area contributed by atoms with Gasteiger partial charge in [-0.05, 0) is 84.9 Å². The number of aromatic nitrogens is 2. The molecule has 1 aliphatic rings. The number of nitrogens with one attached hydrogen (secondary N) is 2. The van der Waals surface area contributed by atoms with Gasteiger partial charge in [-0.15, -0.1) is 13.2 Å². The maximum absolute atomic E-state index is 13.1. The summed E-state index contributed by atoms with van der Waals surface area (Å²) in [5, 5.41) is 4.47. The van der Waals surface area contributed by atoms with E-state index in [9.17, 15) is 13.2 Å². The molecule has 0 amide bonds. The Morgan fingerprint density at radius 2 is 1.54 bits per heavy atom. The molecule has 4 aromatic rings. The highest BCUT2D eigenvalue weighted by molar-refractivity contribution is 7.97. The van der Waals surface area contributed by atoms with Crippen molar-refractivity contribution in [3.05, 3.63) is 72.8 Å². The van der Waals surface area contributed by atoms with Gasteiger partial charge >= 0.3 is 6.36 Å². The SMILES string of the molecule is CN(C)c1nc(NCC2CCC(CNSc3ccc(-c4ccccc4)cc3OC(F)(F)F)CC2)nc2ccccc12. The number of nitrogens with zero attached hydrogens (tertiary/aromatic N) is 3. The smallest absolute Gasteiger partial charge is 0.405 e. The van der Waals surface area contributed by atoms with Gasteiger partial charge < -0.3 is 15.0 Å². The maximum atomic E-state index is 13.1. The molecule has 0 aliphatic heterocycles. The molecule has 1 saturated carbocycles. The molecule has 41 heavy (non-hydrogen) atoms. The molecule has 1 fully saturated rings. The Hall–Kier alpha value is -3.50. The van der Waals surface area contributed by atoms with E-state index in [1.165, 1.54) is 18.0 Å². The van der Waals surface area contributed by atoms with E-state index >= 15 is 0 Å². The van der Waals surface area contributed by atoms with Crippen molar-refractivity contribution in [2.75, 3.05) is 37.4 Å². The second kappa shape index (κ2) is 13.0. The molecule has 0 unspecified atom stereocenters. The van der Waals surface area contributed by atoms with Crippen molar-refractivity contribution in [3.8, 4) is 16.9 Å². The molecular formula is C31H34F3N5OS. The van der Waals surface area contributed by atoms with Crippen molar-refractivity contribution in [2.24, 2.45) is 11.8 Å². The Morgan fingerprint density at radius 3 is 2.24 bits per heavy atom. The van der Waals surface area contributed by atoms with Gasteiger partial charge in [-0.25, -0.2) is 4.98 Å². The summed E-state index contributed by atoms with van der Waals surface area (Å²) in [5.74, 6) is 2.33. The van der Waals surface area contributed by atoms with E-state index in [4.69, 9.17) is 9.97 Å². The van der Waals surface area contributed by atoms with Crippen molar-refractivity contribution >= 4 is 34.6 Å². The highest BCUT2D eigenvalue weighted by Gasteiger charge is 2.32. The lowest BCUT2D eigenvalue weighted by atomic mass is 9.82. The lowest BCUT2D eigenvalue weighted by molar-refractivity contribution is -0.275. The number of hydrogen-bond acceptors (Lipinski definition) is 7. The zero-order valence-electron chi connectivity index (χ0n) is 23.1. The van der Waals surface area contributed by atoms with Crippen molar-refractivity contribution in [2.45, 2.75) is 36.9 Å². The quantitative estimate of drug-likeness (QED) is 0.186. The first-order valence-electron chi connectivity index (χ1n) is 13.8. The Kier molecular flexibility index (Phi) is 9.19. The second-order valence-electron chi connectivity index (χ2n) is 10.6. The molecule has 10 heteroatoms. The Morgan fingerprint density at radius 1 is 0.854 bits per heavy atom. The molecule has 1 aromatic heterocycles. The summed E-state index contributed by atoms with van der Waals surface area (Å²) >= 11 is 1.19.